The summed E-state index contributed by atoms with van der Waals surface area (Å²) in [6.07, 6.45) is 52.6. The minimum atomic E-state index is -0.777. The molecule has 0 spiro atoms. The molecule has 0 aliphatic carbocycles. The van der Waals surface area contributed by atoms with Crippen molar-refractivity contribution in [2.75, 3.05) is 13.2 Å². The van der Waals surface area contributed by atoms with Crippen LogP contribution in [0.4, 0.5) is 0 Å². The van der Waals surface area contributed by atoms with Gasteiger partial charge in [0.1, 0.15) is 13.2 Å². The van der Waals surface area contributed by atoms with Crippen LogP contribution >= 0.6 is 0 Å². The van der Waals surface area contributed by atoms with Crippen LogP contribution in [0.5, 0.6) is 0 Å². The molecule has 0 aliphatic heterocycles. The van der Waals surface area contributed by atoms with Gasteiger partial charge in [-0.1, -0.05) is 179 Å². The highest BCUT2D eigenvalue weighted by Gasteiger charge is 2.19. The van der Waals surface area contributed by atoms with Gasteiger partial charge in [-0.2, -0.15) is 0 Å². The smallest absolute Gasteiger partial charge is 0.306 e. The van der Waals surface area contributed by atoms with Gasteiger partial charge in [0.25, 0.3) is 0 Å². The van der Waals surface area contributed by atoms with E-state index < -0.39 is 6.10 Å². The molecule has 6 nitrogen and oxygen atoms in total. The van der Waals surface area contributed by atoms with E-state index in [0.717, 1.165) is 96.3 Å². The number of allylic oxidation sites excluding steroid dienone is 8. The van der Waals surface area contributed by atoms with Crippen LogP contribution in [0.2, 0.25) is 0 Å². The highest BCUT2D eigenvalue weighted by atomic mass is 16.6. The van der Waals surface area contributed by atoms with E-state index >= 15 is 0 Å². The van der Waals surface area contributed by atoms with Crippen molar-refractivity contribution in [2.45, 2.75) is 239 Å². The first-order chi connectivity index (χ1) is 27.5. The van der Waals surface area contributed by atoms with E-state index in [1.54, 1.807) is 0 Å². The van der Waals surface area contributed by atoms with Gasteiger partial charge >= 0.3 is 17.9 Å². The predicted octanol–water partition coefficient (Wildman–Crippen LogP) is 15.1. The minimum absolute atomic E-state index is 0.0815. The van der Waals surface area contributed by atoms with E-state index in [1.165, 1.54) is 96.3 Å². The number of hydrogen-bond donors (Lipinski definition) is 0. The van der Waals surface area contributed by atoms with Crippen LogP contribution in [0, 0.1) is 0 Å². The van der Waals surface area contributed by atoms with Crippen LogP contribution in [0.1, 0.15) is 233 Å². The average molecular weight is 785 g/mol. The van der Waals surface area contributed by atoms with Crippen molar-refractivity contribution in [3.63, 3.8) is 0 Å². The molecular formula is C50H88O6. The van der Waals surface area contributed by atoms with Crippen molar-refractivity contribution in [1.29, 1.82) is 0 Å². The molecule has 0 aliphatic rings. The fraction of sp³-hybridized carbons (Fsp3) is 0.780. The minimum Gasteiger partial charge on any atom is -0.462 e. The highest BCUT2D eigenvalue weighted by Crippen LogP contribution is 2.13. The Bertz CT molecular complexity index is 996. The van der Waals surface area contributed by atoms with Crippen molar-refractivity contribution in [2.24, 2.45) is 0 Å². The van der Waals surface area contributed by atoms with E-state index in [-0.39, 0.29) is 31.1 Å². The Balaban J connectivity index is 4.23. The predicted molar refractivity (Wildman–Crippen MR) is 238 cm³/mol. The second-order valence-corrected chi connectivity index (χ2v) is 15.7. The van der Waals surface area contributed by atoms with Crippen molar-refractivity contribution in [3.05, 3.63) is 48.6 Å². The molecule has 56 heavy (non-hydrogen) atoms. The topological polar surface area (TPSA) is 78.9 Å². The lowest BCUT2D eigenvalue weighted by molar-refractivity contribution is -0.167. The van der Waals surface area contributed by atoms with Gasteiger partial charge in [0.05, 0.1) is 0 Å². The normalized spacial score (nSPS) is 12.4. The summed E-state index contributed by atoms with van der Waals surface area (Å²) in [6.45, 7) is 6.49. The van der Waals surface area contributed by atoms with Gasteiger partial charge in [-0.25, -0.2) is 0 Å². The molecule has 0 aromatic rings. The standard InChI is InChI=1S/C50H88O6/c1-4-7-10-13-15-17-19-21-23-24-25-26-27-29-30-32-34-37-40-43-49(52)55-46-47(45-54-48(51)42-39-36-12-9-6-3)56-50(53)44-41-38-35-33-31-28-22-20-18-16-14-11-8-5-2/h15,17,20-23,25-26,47H,4-14,16,18-19,24,27-46H2,1-3H3/b17-15-,22-20-,23-21-,26-25-. The van der Waals surface area contributed by atoms with Crippen molar-refractivity contribution in [1.82, 2.24) is 0 Å². The first kappa shape index (κ1) is 53.4. The van der Waals surface area contributed by atoms with E-state index in [9.17, 15) is 14.4 Å². The molecule has 0 N–H and O–H groups in total. The van der Waals surface area contributed by atoms with Crippen LogP contribution in [-0.2, 0) is 28.6 Å². The van der Waals surface area contributed by atoms with Crippen LogP contribution < -0.4 is 0 Å². The first-order valence-electron chi connectivity index (χ1n) is 23.6. The van der Waals surface area contributed by atoms with Gasteiger partial charge < -0.3 is 14.2 Å². The number of carbonyl (C=O) groups excluding carboxylic acids is 3. The molecule has 0 fully saturated rings. The van der Waals surface area contributed by atoms with Gasteiger partial charge in [-0.3, -0.25) is 14.4 Å². The monoisotopic (exact) mass is 785 g/mol. The van der Waals surface area contributed by atoms with Gasteiger partial charge in [0.2, 0.25) is 0 Å². The molecule has 0 amide bonds. The Hall–Kier alpha value is -2.63. The zero-order valence-electron chi connectivity index (χ0n) is 36.9. The first-order valence-corrected chi connectivity index (χ1v) is 23.6. The molecule has 0 aromatic heterocycles. The summed E-state index contributed by atoms with van der Waals surface area (Å²) < 4.78 is 16.6. The molecule has 0 radical (unpaired) electrons. The molecule has 324 valence electrons. The molecule has 6 heteroatoms. The van der Waals surface area contributed by atoms with Crippen LogP contribution in [-0.4, -0.2) is 37.2 Å². The second kappa shape index (κ2) is 45.1. The fourth-order valence-electron chi connectivity index (χ4n) is 6.44. The zero-order chi connectivity index (χ0) is 40.8. The number of hydrogen-bond acceptors (Lipinski definition) is 6. The molecule has 1 unspecified atom stereocenters. The van der Waals surface area contributed by atoms with Gasteiger partial charge in [0.15, 0.2) is 6.10 Å². The summed E-state index contributed by atoms with van der Waals surface area (Å²) in [7, 11) is 0. The summed E-state index contributed by atoms with van der Waals surface area (Å²) in [5.41, 5.74) is 0. The molecule has 0 rings (SSSR count). The number of rotatable bonds is 42. The summed E-state index contributed by atoms with van der Waals surface area (Å²) in [5.74, 6) is -0.916. The molecule has 0 saturated heterocycles. The third-order valence-electron chi connectivity index (χ3n) is 10.1. The highest BCUT2D eigenvalue weighted by molar-refractivity contribution is 5.71. The Labute approximate surface area is 346 Å². The molecule has 1 atom stereocenters. The molecule has 0 aromatic carbocycles. The Kier molecular flexibility index (Phi) is 43.0. The van der Waals surface area contributed by atoms with Crippen molar-refractivity contribution >= 4 is 17.9 Å². The average Bonchev–Trinajstić information content (AvgIpc) is 3.19. The maximum atomic E-state index is 12.7. The SMILES string of the molecule is CCCCC/C=C\C/C=C\C/C=C\CCCCCCCCC(=O)OCC(COC(=O)CCCCCCC)OC(=O)CCCCCCC/C=C\CCCCCCC. The number of carbonyl (C=O) groups is 3. The zero-order valence-corrected chi connectivity index (χ0v) is 36.9. The van der Waals surface area contributed by atoms with E-state index in [1.807, 2.05) is 0 Å². The number of ether oxygens (including phenoxy) is 3. The lowest BCUT2D eigenvalue weighted by atomic mass is 10.1. The van der Waals surface area contributed by atoms with Crippen LogP contribution in [0.3, 0.4) is 0 Å². The maximum absolute atomic E-state index is 12.7. The number of esters is 3. The van der Waals surface area contributed by atoms with Gasteiger partial charge in [-0.05, 0) is 83.5 Å². The van der Waals surface area contributed by atoms with Gasteiger partial charge in [-0.15, -0.1) is 0 Å². The quantitative estimate of drug-likeness (QED) is 0.0265. The summed E-state index contributed by atoms with van der Waals surface area (Å²) in [6, 6.07) is 0. The Morgan fingerprint density at radius 2 is 0.643 bits per heavy atom. The van der Waals surface area contributed by atoms with E-state index in [0.29, 0.717) is 19.3 Å². The molecule has 0 heterocycles. The Morgan fingerprint density at radius 3 is 1.05 bits per heavy atom. The van der Waals surface area contributed by atoms with E-state index in [2.05, 4.69) is 69.4 Å². The second-order valence-electron chi connectivity index (χ2n) is 15.7. The third kappa shape index (κ3) is 42.5. The summed E-state index contributed by atoms with van der Waals surface area (Å²) >= 11 is 0. The van der Waals surface area contributed by atoms with Crippen molar-refractivity contribution in [3.8, 4) is 0 Å². The van der Waals surface area contributed by atoms with Crippen LogP contribution in [0.25, 0.3) is 0 Å². The van der Waals surface area contributed by atoms with Crippen molar-refractivity contribution < 1.29 is 28.6 Å². The summed E-state index contributed by atoms with van der Waals surface area (Å²) in [4.78, 5) is 37.5. The van der Waals surface area contributed by atoms with E-state index in [4.69, 9.17) is 14.2 Å². The number of unbranched alkanes of at least 4 members (excludes halogenated alkanes) is 23. The largest absolute Gasteiger partial charge is 0.462 e. The van der Waals surface area contributed by atoms with Crippen LogP contribution in [0.15, 0.2) is 48.6 Å². The lowest BCUT2D eigenvalue weighted by Crippen LogP contribution is -2.30. The summed E-state index contributed by atoms with van der Waals surface area (Å²) in [5, 5.41) is 0. The molecule has 0 bridgehead atoms. The van der Waals surface area contributed by atoms with Gasteiger partial charge in [0, 0.05) is 19.3 Å². The lowest BCUT2D eigenvalue weighted by Gasteiger charge is -2.18. The fourth-order valence-corrected chi connectivity index (χ4v) is 6.44. The molecular weight excluding hydrogens is 697 g/mol. The Morgan fingerprint density at radius 1 is 0.357 bits per heavy atom. The third-order valence-corrected chi connectivity index (χ3v) is 10.1. The maximum Gasteiger partial charge on any atom is 0.306 e. The molecule has 0 saturated carbocycles.